The maximum atomic E-state index is 12.3. The Morgan fingerprint density at radius 3 is 2.44 bits per heavy atom. The van der Waals surface area contributed by atoms with Crippen LogP contribution in [0.15, 0.2) is 42.5 Å². The van der Waals surface area contributed by atoms with E-state index in [4.69, 9.17) is 28.9 Å². The molecule has 2 aromatic carbocycles. The van der Waals surface area contributed by atoms with E-state index in [1.54, 1.807) is 42.5 Å². The van der Waals surface area contributed by atoms with Crippen LogP contribution in [0.3, 0.4) is 0 Å². The van der Waals surface area contributed by atoms with Crippen LogP contribution in [0.5, 0.6) is 0 Å². The maximum Gasteiger partial charge on any atom is 0.253 e. The minimum absolute atomic E-state index is 0.0438. The van der Waals surface area contributed by atoms with Crippen molar-refractivity contribution in [1.82, 2.24) is 5.32 Å². The third kappa shape index (κ3) is 6.58. The summed E-state index contributed by atoms with van der Waals surface area (Å²) in [6, 6.07) is 11.7. The van der Waals surface area contributed by atoms with Gasteiger partial charge < -0.3 is 16.4 Å². The predicted octanol–water partition coefficient (Wildman–Crippen LogP) is 3.17. The number of anilines is 1. The van der Waals surface area contributed by atoms with Crippen LogP contribution >= 0.6 is 23.2 Å². The van der Waals surface area contributed by atoms with Crippen molar-refractivity contribution in [2.45, 2.75) is 19.3 Å². The zero-order valence-corrected chi connectivity index (χ0v) is 15.9. The van der Waals surface area contributed by atoms with Crippen molar-refractivity contribution in [3.63, 3.8) is 0 Å². The lowest BCUT2D eigenvalue weighted by atomic mass is 10.1. The third-order valence-electron chi connectivity index (χ3n) is 3.74. The summed E-state index contributed by atoms with van der Waals surface area (Å²) < 4.78 is 0. The second-order valence-corrected chi connectivity index (χ2v) is 6.65. The lowest BCUT2D eigenvalue weighted by Gasteiger charge is -2.11. The first-order valence-electron chi connectivity index (χ1n) is 8.26. The highest BCUT2D eigenvalue weighted by atomic mass is 35.5. The monoisotopic (exact) mass is 407 g/mol. The first-order valence-corrected chi connectivity index (χ1v) is 9.01. The average molecular weight is 408 g/mol. The normalized spacial score (nSPS) is 10.3. The smallest absolute Gasteiger partial charge is 0.253 e. The Morgan fingerprint density at radius 2 is 1.74 bits per heavy atom. The molecular weight excluding hydrogens is 389 g/mol. The van der Waals surface area contributed by atoms with Crippen molar-refractivity contribution >= 4 is 46.6 Å². The molecule has 142 valence electrons. The van der Waals surface area contributed by atoms with Crippen LogP contribution in [0, 0.1) is 0 Å². The zero-order chi connectivity index (χ0) is 19.8. The number of halogens is 2. The molecule has 0 heterocycles. The van der Waals surface area contributed by atoms with Gasteiger partial charge in [-0.1, -0.05) is 41.4 Å². The summed E-state index contributed by atoms with van der Waals surface area (Å²) in [7, 11) is 0. The molecule has 2 aromatic rings. The fourth-order valence-electron chi connectivity index (χ4n) is 2.37. The number of carbonyl (C=O) groups is 3. The topological polar surface area (TPSA) is 101 Å². The summed E-state index contributed by atoms with van der Waals surface area (Å²) in [6.45, 7) is 0.130. The van der Waals surface area contributed by atoms with E-state index in [1.165, 1.54) is 0 Å². The van der Waals surface area contributed by atoms with Crippen molar-refractivity contribution in [1.29, 1.82) is 0 Å². The van der Waals surface area contributed by atoms with Gasteiger partial charge in [0.05, 0.1) is 11.3 Å². The average Bonchev–Trinajstić information content (AvgIpc) is 2.61. The molecule has 0 atom stereocenters. The number of amides is 3. The van der Waals surface area contributed by atoms with Crippen LogP contribution in [0.4, 0.5) is 5.69 Å². The number of nitrogens with two attached hydrogens (primary N) is 1. The molecule has 0 saturated carbocycles. The van der Waals surface area contributed by atoms with E-state index in [9.17, 15) is 14.4 Å². The Bertz CT molecular complexity index is 856. The van der Waals surface area contributed by atoms with Gasteiger partial charge in [0.1, 0.15) is 0 Å². The highest BCUT2D eigenvalue weighted by Gasteiger charge is 2.13. The molecule has 0 fully saturated rings. The largest absolute Gasteiger partial charge is 0.370 e. The molecule has 3 amide bonds. The van der Waals surface area contributed by atoms with Gasteiger partial charge in [0.2, 0.25) is 11.8 Å². The van der Waals surface area contributed by atoms with E-state index < -0.39 is 11.8 Å². The zero-order valence-electron chi connectivity index (χ0n) is 14.4. The summed E-state index contributed by atoms with van der Waals surface area (Å²) >= 11 is 12.0. The van der Waals surface area contributed by atoms with Gasteiger partial charge in [-0.2, -0.15) is 0 Å². The van der Waals surface area contributed by atoms with Crippen molar-refractivity contribution in [3.05, 3.63) is 63.6 Å². The second kappa shape index (κ2) is 9.94. The van der Waals surface area contributed by atoms with Crippen LogP contribution in [0.25, 0.3) is 0 Å². The fraction of sp³-hybridized carbons (Fsp3) is 0.211. The number of benzene rings is 2. The Kier molecular flexibility index (Phi) is 7.64. The van der Waals surface area contributed by atoms with E-state index in [-0.39, 0.29) is 25.3 Å². The highest BCUT2D eigenvalue weighted by molar-refractivity contribution is 6.35. The van der Waals surface area contributed by atoms with Gasteiger partial charge >= 0.3 is 0 Å². The number of hydrogen-bond donors (Lipinski definition) is 3. The lowest BCUT2D eigenvalue weighted by molar-refractivity contribution is -0.118. The molecule has 0 unspecified atom stereocenters. The maximum absolute atomic E-state index is 12.3. The number of carbonyl (C=O) groups excluding carboxylic acids is 3. The first kappa shape index (κ1) is 20.7. The quantitative estimate of drug-likeness (QED) is 0.625. The fourth-order valence-corrected chi connectivity index (χ4v) is 2.87. The third-order valence-corrected chi connectivity index (χ3v) is 4.33. The molecule has 0 radical (unpaired) electrons. The highest BCUT2D eigenvalue weighted by Crippen LogP contribution is 2.22. The minimum Gasteiger partial charge on any atom is -0.370 e. The number of primary amides is 1. The first-order chi connectivity index (χ1) is 12.9. The molecule has 6 nitrogen and oxygen atoms in total. The van der Waals surface area contributed by atoms with Crippen LogP contribution in [-0.4, -0.2) is 24.3 Å². The Balaban J connectivity index is 1.97. The standard InChI is InChI=1S/C19H19Cl2N3O3/c20-13-7-5-12(15(21)11-13)6-8-18(26)24-16-4-2-1-3-14(16)19(27)23-10-9-17(22)25/h1-5,7,11H,6,8-10H2,(H2,22,25)(H,23,27)(H,24,26). The van der Waals surface area contributed by atoms with E-state index in [2.05, 4.69) is 10.6 Å². The lowest BCUT2D eigenvalue weighted by Crippen LogP contribution is -2.28. The van der Waals surface area contributed by atoms with Crippen LogP contribution in [-0.2, 0) is 16.0 Å². The minimum atomic E-state index is -0.502. The SMILES string of the molecule is NC(=O)CCNC(=O)c1ccccc1NC(=O)CCc1ccc(Cl)cc1Cl. The molecule has 0 aliphatic carbocycles. The molecule has 0 saturated heterocycles. The molecule has 0 bridgehead atoms. The van der Waals surface area contributed by atoms with Gasteiger partial charge in [-0.25, -0.2) is 0 Å². The Labute approximate surface area is 167 Å². The number of para-hydroxylation sites is 1. The van der Waals surface area contributed by atoms with Crippen LogP contribution in [0.1, 0.15) is 28.8 Å². The summed E-state index contributed by atoms with van der Waals surface area (Å²) in [4.78, 5) is 35.3. The molecule has 8 heteroatoms. The van der Waals surface area contributed by atoms with Crippen molar-refractivity contribution in [3.8, 4) is 0 Å². The Morgan fingerprint density at radius 1 is 1.00 bits per heavy atom. The molecule has 4 N–H and O–H groups in total. The van der Waals surface area contributed by atoms with Gasteiger partial charge in [-0.05, 0) is 36.2 Å². The van der Waals surface area contributed by atoms with Gasteiger partial charge in [-0.15, -0.1) is 0 Å². The van der Waals surface area contributed by atoms with Crippen molar-refractivity contribution in [2.24, 2.45) is 5.73 Å². The predicted molar refractivity (Wildman–Crippen MR) is 106 cm³/mol. The van der Waals surface area contributed by atoms with Gasteiger partial charge in [-0.3, -0.25) is 14.4 Å². The Hall–Kier alpha value is -2.57. The molecule has 0 aromatic heterocycles. The summed E-state index contributed by atoms with van der Waals surface area (Å²) in [5.41, 5.74) is 6.56. The summed E-state index contributed by atoms with van der Waals surface area (Å²) in [6.07, 6.45) is 0.676. The summed E-state index contributed by atoms with van der Waals surface area (Å²) in [5.74, 6) is -1.15. The van der Waals surface area contributed by atoms with Gasteiger partial charge in [0.25, 0.3) is 5.91 Å². The van der Waals surface area contributed by atoms with Crippen LogP contribution < -0.4 is 16.4 Å². The number of nitrogens with one attached hydrogen (secondary N) is 2. The molecule has 0 spiro atoms. The molecule has 0 aliphatic rings. The number of rotatable bonds is 8. The van der Waals surface area contributed by atoms with Gasteiger partial charge in [0.15, 0.2) is 0 Å². The molecule has 2 rings (SSSR count). The molecular formula is C19H19Cl2N3O3. The van der Waals surface area contributed by atoms with E-state index in [1.807, 2.05) is 0 Å². The van der Waals surface area contributed by atoms with Crippen molar-refractivity contribution in [2.75, 3.05) is 11.9 Å². The second-order valence-electron chi connectivity index (χ2n) is 5.80. The van der Waals surface area contributed by atoms with Gasteiger partial charge in [0, 0.05) is 29.4 Å². The summed E-state index contributed by atoms with van der Waals surface area (Å²) in [5, 5.41) is 6.36. The van der Waals surface area contributed by atoms with Crippen molar-refractivity contribution < 1.29 is 14.4 Å². The van der Waals surface area contributed by atoms with E-state index in [0.29, 0.717) is 27.7 Å². The van der Waals surface area contributed by atoms with E-state index >= 15 is 0 Å². The van der Waals surface area contributed by atoms with E-state index in [0.717, 1.165) is 5.56 Å². The number of hydrogen-bond acceptors (Lipinski definition) is 3. The number of aryl methyl sites for hydroxylation is 1. The van der Waals surface area contributed by atoms with Crippen LogP contribution in [0.2, 0.25) is 10.0 Å². The molecule has 27 heavy (non-hydrogen) atoms. The molecule has 0 aliphatic heterocycles.